The van der Waals surface area contributed by atoms with E-state index >= 15 is 0 Å². The van der Waals surface area contributed by atoms with Crippen molar-refractivity contribution in [1.29, 1.82) is 0 Å². The fourth-order valence-corrected chi connectivity index (χ4v) is 3.30. The molecule has 0 saturated heterocycles. The average Bonchev–Trinajstić information content (AvgIpc) is 1.96. The van der Waals surface area contributed by atoms with Crippen molar-refractivity contribution in [2.24, 2.45) is 11.3 Å². The van der Waals surface area contributed by atoms with E-state index in [1.54, 1.807) is 6.92 Å². The van der Waals surface area contributed by atoms with E-state index in [1.807, 2.05) is 6.92 Å². The molecule has 1 rings (SSSR count). The molecule has 2 nitrogen and oxygen atoms in total. The lowest BCUT2D eigenvalue weighted by Crippen LogP contribution is -2.43. The number of ether oxygens (including phenoxy) is 1. The van der Waals surface area contributed by atoms with Crippen molar-refractivity contribution >= 4 is 5.97 Å². The van der Waals surface area contributed by atoms with Crippen LogP contribution in [0.3, 0.4) is 0 Å². The largest absolute Gasteiger partial charge is 0.456 e. The summed E-state index contributed by atoms with van der Waals surface area (Å²) in [5.74, 6) is 0.346. The van der Waals surface area contributed by atoms with Crippen molar-refractivity contribution < 1.29 is 9.53 Å². The zero-order chi connectivity index (χ0) is 12.6. The summed E-state index contributed by atoms with van der Waals surface area (Å²) >= 11 is 0. The van der Waals surface area contributed by atoms with Crippen LogP contribution >= 0.6 is 0 Å². The molecule has 0 aromatic carbocycles. The van der Waals surface area contributed by atoms with Gasteiger partial charge in [0.1, 0.15) is 5.60 Å². The Morgan fingerprint density at radius 3 is 1.81 bits per heavy atom. The molecule has 0 heterocycles. The van der Waals surface area contributed by atoms with E-state index in [-0.39, 0.29) is 54.1 Å². The SMILES string of the molecule is C.C.C.C.C.C=C(C)C(=O)OC1(C)CC(C)CC(C)(C)C1. The van der Waals surface area contributed by atoms with Gasteiger partial charge in [0, 0.05) is 5.57 Å². The van der Waals surface area contributed by atoms with E-state index in [0.717, 1.165) is 12.8 Å². The van der Waals surface area contributed by atoms with Gasteiger partial charge in [0.05, 0.1) is 0 Å². The smallest absolute Gasteiger partial charge is 0.333 e. The van der Waals surface area contributed by atoms with Gasteiger partial charge in [0.25, 0.3) is 0 Å². The van der Waals surface area contributed by atoms with E-state index < -0.39 is 0 Å². The third-order valence-corrected chi connectivity index (χ3v) is 3.22. The zero-order valence-corrected chi connectivity index (χ0v) is 11.2. The summed E-state index contributed by atoms with van der Waals surface area (Å²) < 4.78 is 5.61. The van der Waals surface area contributed by atoms with Gasteiger partial charge in [0.2, 0.25) is 0 Å². The van der Waals surface area contributed by atoms with Gasteiger partial charge < -0.3 is 4.74 Å². The molecule has 1 fully saturated rings. The maximum absolute atomic E-state index is 11.6. The first-order chi connectivity index (χ1) is 7.14. The second kappa shape index (κ2) is 10.9. The molecule has 132 valence electrons. The van der Waals surface area contributed by atoms with Crippen LogP contribution in [-0.2, 0) is 9.53 Å². The predicted octanol–water partition coefficient (Wildman–Crippen LogP) is 6.89. The highest BCUT2D eigenvalue weighted by atomic mass is 16.6. The van der Waals surface area contributed by atoms with Crippen LogP contribution in [0.25, 0.3) is 0 Å². The Balaban J connectivity index is -0.000000171. The summed E-state index contributed by atoms with van der Waals surface area (Å²) in [6, 6.07) is 0. The lowest BCUT2D eigenvalue weighted by atomic mass is 9.66. The standard InChI is InChI=1S/C14H24O2.5CH4/c1-10(2)12(15)16-14(6)8-11(3)7-13(4,5)9-14;;;;;/h11H,1,7-9H2,2-6H3;5*1H4. The minimum absolute atomic E-state index is 0. The normalized spacial score (nSPS) is 25.3. The van der Waals surface area contributed by atoms with Crippen LogP contribution in [-0.4, -0.2) is 11.6 Å². The maximum Gasteiger partial charge on any atom is 0.333 e. The summed E-state index contributed by atoms with van der Waals surface area (Å²) in [5.41, 5.74) is 0.413. The average molecular weight is 305 g/mol. The Labute approximate surface area is 136 Å². The molecule has 0 aliphatic heterocycles. The lowest BCUT2D eigenvalue weighted by molar-refractivity contribution is -0.162. The van der Waals surface area contributed by atoms with Crippen LogP contribution in [0.2, 0.25) is 0 Å². The molecule has 21 heavy (non-hydrogen) atoms. The molecule has 1 saturated carbocycles. The Hall–Kier alpha value is -0.790. The molecule has 1 aliphatic carbocycles. The lowest BCUT2D eigenvalue weighted by Gasteiger charge is -2.45. The highest BCUT2D eigenvalue weighted by molar-refractivity contribution is 5.87. The predicted molar refractivity (Wildman–Crippen MR) is 99.8 cm³/mol. The molecule has 0 N–H and O–H groups in total. The molecular weight excluding hydrogens is 260 g/mol. The second-order valence-electron chi connectivity index (χ2n) is 6.47. The highest BCUT2D eigenvalue weighted by Crippen LogP contribution is 2.45. The van der Waals surface area contributed by atoms with E-state index in [2.05, 4.69) is 27.4 Å². The van der Waals surface area contributed by atoms with E-state index in [4.69, 9.17) is 4.74 Å². The highest BCUT2D eigenvalue weighted by Gasteiger charge is 2.42. The summed E-state index contributed by atoms with van der Waals surface area (Å²) in [4.78, 5) is 11.6. The molecule has 0 amide bonds. The van der Waals surface area contributed by atoms with Crippen LogP contribution in [0.4, 0.5) is 0 Å². The monoisotopic (exact) mass is 304 g/mol. The van der Waals surface area contributed by atoms with Gasteiger partial charge in [-0.3, -0.25) is 0 Å². The summed E-state index contributed by atoms with van der Waals surface area (Å²) in [5, 5.41) is 0. The first-order valence-corrected chi connectivity index (χ1v) is 6.02. The minimum atomic E-state index is -0.322. The van der Waals surface area contributed by atoms with Crippen molar-refractivity contribution in [2.75, 3.05) is 0 Å². The van der Waals surface area contributed by atoms with Gasteiger partial charge in [-0.1, -0.05) is 64.5 Å². The number of carbonyl (C=O) groups excluding carboxylic acids is 1. The first-order valence-electron chi connectivity index (χ1n) is 6.02. The van der Waals surface area contributed by atoms with Crippen molar-refractivity contribution in [3.8, 4) is 0 Å². The molecule has 2 unspecified atom stereocenters. The van der Waals surface area contributed by atoms with E-state index in [1.165, 1.54) is 6.42 Å². The quantitative estimate of drug-likeness (QED) is 0.410. The molecule has 0 spiro atoms. The molecular formula is C19H44O2. The van der Waals surface area contributed by atoms with Gasteiger partial charge in [-0.25, -0.2) is 4.79 Å². The zero-order valence-electron chi connectivity index (χ0n) is 11.2. The van der Waals surface area contributed by atoms with Crippen molar-refractivity contribution in [1.82, 2.24) is 0 Å². The Bertz CT molecular complexity index is 305. The minimum Gasteiger partial charge on any atom is -0.456 e. The van der Waals surface area contributed by atoms with Gasteiger partial charge in [-0.2, -0.15) is 0 Å². The van der Waals surface area contributed by atoms with Crippen LogP contribution in [0, 0.1) is 11.3 Å². The Morgan fingerprint density at radius 2 is 1.48 bits per heavy atom. The third-order valence-electron chi connectivity index (χ3n) is 3.22. The van der Waals surface area contributed by atoms with Crippen molar-refractivity contribution in [2.45, 2.75) is 96.6 Å². The Kier molecular flexibility index (Phi) is 16.7. The van der Waals surface area contributed by atoms with Gasteiger partial charge in [-0.15, -0.1) is 0 Å². The topological polar surface area (TPSA) is 26.3 Å². The molecule has 0 radical (unpaired) electrons. The molecule has 0 aromatic rings. The first kappa shape index (κ1) is 32.2. The maximum atomic E-state index is 11.6. The van der Waals surface area contributed by atoms with E-state index in [0.29, 0.717) is 11.5 Å². The second-order valence-corrected chi connectivity index (χ2v) is 6.47. The van der Waals surface area contributed by atoms with Crippen LogP contribution in [0.5, 0.6) is 0 Å². The van der Waals surface area contributed by atoms with Crippen LogP contribution < -0.4 is 0 Å². The number of carbonyl (C=O) groups is 1. The fraction of sp³-hybridized carbons (Fsp3) is 0.842. The van der Waals surface area contributed by atoms with Gasteiger partial charge in [-0.05, 0) is 44.4 Å². The van der Waals surface area contributed by atoms with Crippen LogP contribution in [0.15, 0.2) is 12.2 Å². The molecule has 2 atom stereocenters. The number of rotatable bonds is 2. The molecule has 1 aliphatic rings. The number of hydrogen-bond acceptors (Lipinski definition) is 2. The number of hydrogen-bond donors (Lipinski definition) is 0. The summed E-state index contributed by atoms with van der Waals surface area (Å²) in [7, 11) is 0. The van der Waals surface area contributed by atoms with Gasteiger partial charge >= 0.3 is 5.97 Å². The van der Waals surface area contributed by atoms with E-state index in [9.17, 15) is 4.79 Å². The van der Waals surface area contributed by atoms with Crippen molar-refractivity contribution in [3.05, 3.63) is 12.2 Å². The molecule has 2 heteroatoms. The fourth-order valence-electron chi connectivity index (χ4n) is 3.30. The van der Waals surface area contributed by atoms with Crippen LogP contribution in [0.1, 0.15) is 91.0 Å². The van der Waals surface area contributed by atoms with Gasteiger partial charge in [0.15, 0.2) is 0 Å². The molecule has 0 bridgehead atoms. The third kappa shape index (κ3) is 9.71. The summed E-state index contributed by atoms with van der Waals surface area (Å²) in [6.45, 7) is 14.1. The summed E-state index contributed by atoms with van der Waals surface area (Å²) in [6.07, 6.45) is 3.09. The Morgan fingerprint density at radius 1 is 1.05 bits per heavy atom. The van der Waals surface area contributed by atoms with Crippen molar-refractivity contribution in [3.63, 3.8) is 0 Å². The number of esters is 1. The molecule has 0 aromatic heterocycles.